The molecule has 1 N–H and O–H groups in total. The summed E-state index contributed by atoms with van der Waals surface area (Å²) in [5.74, 6) is 1.29. The van der Waals surface area contributed by atoms with Gasteiger partial charge in [-0.25, -0.2) is 0 Å². The molecule has 0 aromatic carbocycles. The van der Waals surface area contributed by atoms with Crippen molar-refractivity contribution in [2.24, 2.45) is 11.8 Å². The quantitative estimate of drug-likeness (QED) is 0.753. The second kappa shape index (κ2) is 5.19. The molecule has 3 rings (SSSR count). The van der Waals surface area contributed by atoms with Gasteiger partial charge in [0.1, 0.15) is 5.54 Å². The molecule has 0 heterocycles. The highest BCUT2D eigenvalue weighted by atomic mass is 16.5. The molecule has 18 heavy (non-hydrogen) atoms. The number of nitrogens with one attached hydrogen (secondary N) is 1. The van der Waals surface area contributed by atoms with Crippen molar-refractivity contribution in [1.29, 1.82) is 5.26 Å². The van der Waals surface area contributed by atoms with Gasteiger partial charge in [-0.15, -0.1) is 0 Å². The first-order chi connectivity index (χ1) is 8.82. The smallest absolute Gasteiger partial charge is 0.133 e. The molecule has 100 valence electrons. The predicted molar refractivity (Wildman–Crippen MR) is 70.0 cm³/mol. The first-order valence-electron chi connectivity index (χ1n) is 7.59. The number of ether oxygens (including phenoxy) is 1. The molecule has 0 aliphatic heterocycles. The minimum Gasteiger partial charge on any atom is -0.378 e. The Labute approximate surface area is 110 Å². The van der Waals surface area contributed by atoms with E-state index in [1.807, 2.05) is 0 Å². The van der Waals surface area contributed by atoms with Gasteiger partial charge in [0.05, 0.1) is 12.7 Å². The Balaban J connectivity index is 1.50. The highest BCUT2D eigenvalue weighted by Crippen LogP contribution is 2.41. The SMILES string of the molecule is N#CC(COCC1CCCC1)(NC1CC1)C1CC1. The molecule has 3 fully saturated rings. The van der Waals surface area contributed by atoms with E-state index in [9.17, 15) is 5.26 Å². The molecule has 1 unspecified atom stereocenters. The van der Waals surface area contributed by atoms with Crippen LogP contribution in [0.3, 0.4) is 0 Å². The Hall–Kier alpha value is -0.590. The number of nitriles is 1. The third-order valence-electron chi connectivity index (χ3n) is 4.67. The average molecular weight is 248 g/mol. The number of rotatable bonds is 7. The zero-order chi connectivity index (χ0) is 12.4. The molecule has 0 amide bonds. The molecule has 3 heteroatoms. The van der Waals surface area contributed by atoms with Crippen LogP contribution in [0.15, 0.2) is 0 Å². The third-order valence-corrected chi connectivity index (χ3v) is 4.67. The van der Waals surface area contributed by atoms with Gasteiger partial charge in [-0.2, -0.15) is 5.26 Å². The van der Waals surface area contributed by atoms with E-state index in [0.717, 1.165) is 12.5 Å². The van der Waals surface area contributed by atoms with Crippen LogP contribution in [0.1, 0.15) is 51.4 Å². The van der Waals surface area contributed by atoms with Gasteiger partial charge < -0.3 is 4.74 Å². The van der Waals surface area contributed by atoms with Gasteiger partial charge in [-0.1, -0.05) is 12.8 Å². The number of nitrogens with zero attached hydrogens (tertiary/aromatic N) is 1. The van der Waals surface area contributed by atoms with E-state index in [2.05, 4.69) is 11.4 Å². The Morgan fingerprint density at radius 1 is 1.11 bits per heavy atom. The van der Waals surface area contributed by atoms with Gasteiger partial charge in [0.2, 0.25) is 0 Å². The van der Waals surface area contributed by atoms with Gasteiger partial charge in [-0.3, -0.25) is 5.32 Å². The molecule has 3 saturated carbocycles. The Bertz CT molecular complexity index is 324. The van der Waals surface area contributed by atoms with Crippen LogP contribution < -0.4 is 5.32 Å². The van der Waals surface area contributed by atoms with E-state index < -0.39 is 0 Å². The van der Waals surface area contributed by atoms with Gasteiger partial charge in [0, 0.05) is 12.6 Å². The van der Waals surface area contributed by atoms with E-state index in [0.29, 0.717) is 18.6 Å². The molecule has 0 bridgehead atoms. The monoisotopic (exact) mass is 248 g/mol. The zero-order valence-corrected chi connectivity index (χ0v) is 11.2. The van der Waals surface area contributed by atoms with Crippen LogP contribution in [-0.4, -0.2) is 24.8 Å². The Morgan fingerprint density at radius 3 is 2.39 bits per heavy atom. The fourth-order valence-corrected chi connectivity index (χ4v) is 3.16. The third kappa shape index (κ3) is 2.87. The van der Waals surface area contributed by atoms with Crippen molar-refractivity contribution in [1.82, 2.24) is 5.32 Å². The first kappa shape index (κ1) is 12.4. The summed E-state index contributed by atoms with van der Waals surface area (Å²) in [5.41, 5.74) is -0.375. The topological polar surface area (TPSA) is 45.0 Å². The summed E-state index contributed by atoms with van der Waals surface area (Å²) < 4.78 is 5.92. The van der Waals surface area contributed by atoms with E-state index in [1.165, 1.54) is 51.4 Å². The van der Waals surface area contributed by atoms with Crippen molar-refractivity contribution in [3.05, 3.63) is 0 Å². The molecule has 1 atom stereocenters. The zero-order valence-electron chi connectivity index (χ0n) is 11.2. The van der Waals surface area contributed by atoms with Crippen LogP contribution in [-0.2, 0) is 4.74 Å². The van der Waals surface area contributed by atoms with Crippen molar-refractivity contribution in [3.8, 4) is 6.07 Å². The number of hydrogen-bond donors (Lipinski definition) is 1. The Kier molecular flexibility index (Phi) is 3.59. The van der Waals surface area contributed by atoms with E-state index >= 15 is 0 Å². The molecule has 0 spiro atoms. The van der Waals surface area contributed by atoms with Gasteiger partial charge in [0.15, 0.2) is 0 Å². The summed E-state index contributed by atoms with van der Waals surface area (Å²) in [6.45, 7) is 1.46. The van der Waals surface area contributed by atoms with Gasteiger partial charge >= 0.3 is 0 Å². The van der Waals surface area contributed by atoms with Crippen molar-refractivity contribution in [2.75, 3.05) is 13.2 Å². The molecule has 0 saturated heterocycles. The van der Waals surface area contributed by atoms with E-state index in [1.54, 1.807) is 0 Å². The maximum absolute atomic E-state index is 9.56. The standard InChI is InChI=1S/C15H24N2O/c16-10-15(13-5-6-13,17-14-7-8-14)11-18-9-12-3-1-2-4-12/h12-14,17H,1-9,11H2. The summed E-state index contributed by atoms with van der Waals surface area (Å²) in [5, 5.41) is 13.1. The molecular formula is C15H24N2O. The lowest BCUT2D eigenvalue weighted by atomic mass is 9.96. The molecular weight excluding hydrogens is 224 g/mol. The van der Waals surface area contributed by atoms with Crippen LogP contribution in [0.2, 0.25) is 0 Å². The van der Waals surface area contributed by atoms with Crippen molar-refractivity contribution in [3.63, 3.8) is 0 Å². The fourth-order valence-electron chi connectivity index (χ4n) is 3.16. The molecule has 3 aliphatic rings. The summed E-state index contributed by atoms with van der Waals surface area (Å²) >= 11 is 0. The highest BCUT2D eigenvalue weighted by Gasteiger charge is 2.48. The first-order valence-corrected chi connectivity index (χ1v) is 7.59. The van der Waals surface area contributed by atoms with Crippen LogP contribution in [0.4, 0.5) is 0 Å². The van der Waals surface area contributed by atoms with Crippen molar-refractivity contribution in [2.45, 2.75) is 62.9 Å². The molecule has 0 aromatic rings. The summed E-state index contributed by atoms with van der Waals surface area (Å²) in [7, 11) is 0. The maximum atomic E-state index is 9.56. The molecule has 3 aliphatic carbocycles. The van der Waals surface area contributed by atoms with Crippen molar-refractivity contribution < 1.29 is 4.74 Å². The maximum Gasteiger partial charge on any atom is 0.133 e. The van der Waals surface area contributed by atoms with Gasteiger partial charge in [-0.05, 0) is 50.4 Å². The lowest BCUT2D eigenvalue weighted by molar-refractivity contribution is 0.0571. The van der Waals surface area contributed by atoms with Crippen LogP contribution in [0.25, 0.3) is 0 Å². The molecule has 3 nitrogen and oxygen atoms in total. The van der Waals surface area contributed by atoms with Gasteiger partial charge in [0.25, 0.3) is 0 Å². The summed E-state index contributed by atoms with van der Waals surface area (Å²) in [6.07, 6.45) is 10.2. The normalized spacial score (nSPS) is 27.9. The Morgan fingerprint density at radius 2 is 1.83 bits per heavy atom. The summed E-state index contributed by atoms with van der Waals surface area (Å²) in [6, 6.07) is 3.12. The highest BCUT2D eigenvalue weighted by molar-refractivity contribution is 5.17. The van der Waals surface area contributed by atoms with E-state index in [4.69, 9.17) is 4.74 Å². The predicted octanol–water partition coefficient (Wildman–Crippen LogP) is 2.62. The average Bonchev–Trinajstić information content (AvgIpc) is 3.29. The molecule has 0 aromatic heterocycles. The fraction of sp³-hybridized carbons (Fsp3) is 0.933. The van der Waals surface area contributed by atoms with Crippen LogP contribution in [0.5, 0.6) is 0 Å². The minimum absolute atomic E-state index is 0.375. The second-order valence-electron chi connectivity index (χ2n) is 6.44. The second-order valence-corrected chi connectivity index (χ2v) is 6.44. The number of hydrogen-bond acceptors (Lipinski definition) is 3. The summed E-state index contributed by atoms with van der Waals surface area (Å²) in [4.78, 5) is 0. The minimum atomic E-state index is -0.375. The van der Waals surface area contributed by atoms with Crippen LogP contribution >= 0.6 is 0 Å². The van der Waals surface area contributed by atoms with E-state index in [-0.39, 0.29) is 5.54 Å². The lowest BCUT2D eigenvalue weighted by Gasteiger charge is -2.28. The van der Waals surface area contributed by atoms with Crippen molar-refractivity contribution >= 4 is 0 Å². The lowest BCUT2D eigenvalue weighted by Crippen LogP contribution is -2.51. The molecule has 0 radical (unpaired) electrons. The largest absolute Gasteiger partial charge is 0.378 e. The van der Waals surface area contributed by atoms with Crippen LogP contribution in [0, 0.1) is 23.2 Å².